The molecule has 0 aromatic heterocycles. The molecule has 3 aliphatic rings. The van der Waals surface area contributed by atoms with Crippen molar-refractivity contribution in [1.82, 2.24) is 10.2 Å². The van der Waals surface area contributed by atoms with Gasteiger partial charge in [-0.2, -0.15) is 0 Å². The average Bonchev–Trinajstić information content (AvgIpc) is 3.23. The van der Waals surface area contributed by atoms with Crippen molar-refractivity contribution in [2.24, 2.45) is 0 Å². The van der Waals surface area contributed by atoms with Crippen molar-refractivity contribution >= 4 is 5.91 Å². The van der Waals surface area contributed by atoms with Crippen molar-refractivity contribution in [3.05, 3.63) is 23.8 Å². The topological polar surface area (TPSA) is 50.8 Å². The molecule has 3 fully saturated rings. The quantitative estimate of drug-likeness (QED) is 0.878. The van der Waals surface area contributed by atoms with Crippen molar-refractivity contribution in [2.45, 2.75) is 76.1 Å². The molecule has 1 aliphatic carbocycles. The van der Waals surface area contributed by atoms with Crippen LogP contribution < -0.4 is 14.8 Å². The highest BCUT2D eigenvalue weighted by molar-refractivity contribution is 5.76. The number of fused-ring (bicyclic) bond motifs is 1. The number of methoxy groups -OCH3 is 1. The summed E-state index contributed by atoms with van der Waals surface area (Å²) in [7, 11) is 1.72. The monoisotopic (exact) mass is 358 g/mol. The molecule has 1 N–H and O–H groups in total. The maximum absolute atomic E-state index is 11.8. The van der Waals surface area contributed by atoms with Gasteiger partial charge in [0.05, 0.1) is 13.2 Å². The van der Waals surface area contributed by atoms with Crippen LogP contribution in [0.25, 0.3) is 0 Å². The van der Waals surface area contributed by atoms with Gasteiger partial charge in [0.15, 0.2) is 11.5 Å². The van der Waals surface area contributed by atoms with Crippen molar-refractivity contribution < 1.29 is 14.3 Å². The van der Waals surface area contributed by atoms with Gasteiger partial charge in [0.1, 0.15) is 0 Å². The van der Waals surface area contributed by atoms with Crippen LogP contribution in [-0.2, 0) is 11.3 Å². The Balaban J connectivity index is 1.43. The van der Waals surface area contributed by atoms with Crippen LogP contribution in [0.5, 0.6) is 11.5 Å². The van der Waals surface area contributed by atoms with E-state index in [1.807, 2.05) is 0 Å². The Labute approximate surface area is 156 Å². The molecule has 26 heavy (non-hydrogen) atoms. The predicted molar refractivity (Wildman–Crippen MR) is 100 cm³/mol. The molecule has 1 saturated carbocycles. The minimum Gasteiger partial charge on any atom is -0.493 e. The Kier molecular flexibility index (Phi) is 5.34. The highest BCUT2D eigenvalue weighted by atomic mass is 16.5. The largest absolute Gasteiger partial charge is 0.493 e. The normalized spacial score (nSPS) is 27.0. The number of nitrogens with zero attached hydrogens (tertiary/aromatic N) is 1. The predicted octanol–water partition coefficient (Wildman–Crippen LogP) is 3.26. The molecule has 1 aromatic carbocycles. The Hall–Kier alpha value is -1.75. The zero-order chi connectivity index (χ0) is 17.9. The molecule has 5 heteroatoms. The first-order valence-electron chi connectivity index (χ1n) is 10.1. The molecule has 2 saturated heterocycles. The lowest BCUT2D eigenvalue weighted by Crippen LogP contribution is -2.42. The van der Waals surface area contributed by atoms with Crippen molar-refractivity contribution in [3.63, 3.8) is 0 Å². The van der Waals surface area contributed by atoms with Crippen LogP contribution in [0.2, 0.25) is 0 Å². The van der Waals surface area contributed by atoms with Gasteiger partial charge in [0.2, 0.25) is 5.91 Å². The standard InChI is InChI=1S/C21H30N2O3/c1-25-20-13-15(9-10-19(20)26-16-5-2-3-6-16)14-23-12-11-17-18(23)7-4-8-21(24)22-17/h9-10,13,16-18H,2-8,11-12,14H2,1H3,(H,22,24)/t17-,18-/m1/s1. The number of amides is 1. The first kappa shape index (κ1) is 17.7. The molecule has 0 radical (unpaired) electrons. The average molecular weight is 358 g/mol. The van der Waals surface area contributed by atoms with Gasteiger partial charge < -0.3 is 14.8 Å². The van der Waals surface area contributed by atoms with Gasteiger partial charge in [-0.15, -0.1) is 0 Å². The number of rotatable bonds is 5. The first-order chi connectivity index (χ1) is 12.7. The third-order valence-electron chi connectivity index (χ3n) is 6.12. The fourth-order valence-corrected chi connectivity index (χ4v) is 4.74. The number of ether oxygens (including phenoxy) is 2. The fourth-order valence-electron chi connectivity index (χ4n) is 4.74. The molecule has 1 aromatic rings. The zero-order valence-corrected chi connectivity index (χ0v) is 15.7. The highest BCUT2D eigenvalue weighted by Crippen LogP contribution is 2.34. The summed E-state index contributed by atoms with van der Waals surface area (Å²) in [5, 5.41) is 3.20. The lowest BCUT2D eigenvalue weighted by Gasteiger charge is -2.27. The number of hydrogen-bond acceptors (Lipinski definition) is 4. The third kappa shape index (κ3) is 3.83. The van der Waals surface area contributed by atoms with E-state index in [0.717, 1.165) is 56.7 Å². The van der Waals surface area contributed by atoms with Gasteiger partial charge >= 0.3 is 0 Å². The summed E-state index contributed by atoms with van der Waals surface area (Å²) in [6.45, 7) is 1.94. The second-order valence-electron chi connectivity index (χ2n) is 7.90. The van der Waals surface area contributed by atoms with Crippen LogP contribution in [0.3, 0.4) is 0 Å². The Morgan fingerprint density at radius 1 is 1.12 bits per heavy atom. The summed E-state index contributed by atoms with van der Waals surface area (Å²) in [6, 6.07) is 7.12. The molecular weight excluding hydrogens is 328 g/mol. The van der Waals surface area contributed by atoms with E-state index < -0.39 is 0 Å². The van der Waals surface area contributed by atoms with Crippen LogP contribution in [0, 0.1) is 0 Å². The van der Waals surface area contributed by atoms with Crippen LogP contribution >= 0.6 is 0 Å². The molecule has 2 atom stereocenters. The summed E-state index contributed by atoms with van der Waals surface area (Å²) >= 11 is 0. The summed E-state index contributed by atoms with van der Waals surface area (Å²) < 4.78 is 11.8. The van der Waals surface area contributed by atoms with Crippen molar-refractivity contribution in [3.8, 4) is 11.5 Å². The number of nitrogens with one attached hydrogen (secondary N) is 1. The SMILES string of the molecule is COc1cc(CN2CC[C@H]3NC(=O)CCC[C@H]32)ccc1OC1CCCC1. The van der Waals surface area contributed by atoms with Gasteiger partial charge in [-0.25, -0.2) is 0 Å². The van der Waals surface area contributed by atoms with E-state index in [1.54, 1.807) is 7.11 Å². The Morgan fingerprint density at radius 3 is 2.77 bits per heavy atom. The Morgan fingerprint density at radius 2 is 1.96 bits per heavy atom. The highest BCUT2D eigenvalue weighted by Gasteiger charge is 2.36. The van der Waals surface area contributed by atoms with Crippen molar-refractivity contribution in [1.29, 1.82) is 0 Å². The van der Waals surface area contributed by atoms with E-state index in [2.05, 4.69) is 28.4 Å². The number of carbonyl (C=O) groups is 1. The molecule has 5 nitrogen and oxygen atoms in total. The summed E-state index contributed by atoms with van der Waals surface area (Å²) in [6.07, 6.45) is 8.96. The lowest BCUT2D eigenvalue weighted by molar-refractivity contribution is -0.121. The minimum absolute atomic E-state index is 0.217. The molecule has 2 heterocycles. The summed E-state index contributed by atoms with van der Waals surface area (Å²) in [5.41, 5.74) is 1.25. The van der Waals surface area contributed by atoms with E-state index in [4.69, 9.17) is 9.47 Å². The number of hydrogen-bond donors (Lipinski definition) is 1. The number of carbonyl (C=O) groups excluding carboxylic acids is 1. The van der Waals surface area contributed by atoms with Crippen molar-refractivity contribution in [2.75, 3.05) is 13.7 Å². The van der Waals surface area contributed by atoms with E-state index in [-0.39, 0.29) is 5.91 Å². The van der Waals surface area contributed by atoms with Crippen LogP contribution in [0.4, 0.5) is 0 Å². The van der Waals surface area contributed by atoms with E-state index in [1.165, 1.54) is 18.4 Å². The van der Waals surface area contributed by atoms with E-state index in [0.29, 0.717) is 24.6 Å². The molecule has 1 amide bonds. The van der Waals surface area contributed by atoms with E-state index in [9.17, 15) is 4.79 Å². The molecular formula is C21H30N2O3. The minimum atomic E-state index is 0.217. The van der Waals surface area contributed by atoms with E-state index >= 15 is 0 Å². The zero-order valence-electron chi connectivity index (χ0n) is 15.7. The second kappa shape index (κ2) is 7.87. The molecule has 2 aliphatic heterocycles. The molecule has 4 rings (SSSR count). The lowest BCUT2D eigenvalue weighted by atomic mass is 10.0. The van der Waals surface area contributed by atoms with Crippen LogP contribution in [-0.4, -0.2) is 42.6 Å². The number of benzene rings is 1. The van der Waals surface area contributed by atoms with Gasteiger partial charge in [0.25, 0.3) is 0 Å². The van der Waals surface area contributed by atoms with Gasteiger partial charge in [-0.3, -0.25) is 9.69 Å². The van der Waals surface area contributed by atoms with Crippen LogP contribution in [0.1, 0.15) is 56.9 Å². The fraction of sp³-hybridized carbons (Fsp3) is 0.667. The smallest absolute Gasteiger partial charge is 0.220 e. The second-order valence-corrected chi connectivity index (χ2v) is 7.90. The summed E-state index contributed by atoms with van der Waals surface area (Å²) in [4.78, 5) is 14.3. The van der Waals surface area contributed by atoms with Crippen LogP contribution in [0.15, 0.2) is 18.2 Å². The van der Waals surface area contributed by atoms with Gasteiger partial charge in [-0.05, 0) is 62.6 Å². The molecule has 0 spiro atoms. The maximum atomic E-state index is 11.8. The number of likely N-dealkylation sites (tertiary alicyclic amines) is 1. The summed E-state index contributed by atoms with van der Waals surface area (Å²) in [5.74, 6) is 1.91. The Bertz CT molecular complexity index is 642. The van der Waals surface area contributed by atoms with Gasteiger partial charge in [-0.1, -0.05) is 6.07 Å². The maximum Gasteiger partial charge on any atom is 0.220 e. The third-order valence-corrected chi connectivity index (χ3v) is 6.12. The molecule has 0 unspecified atom stereocenters. The van der Waals surface area contributed by atoms with Gasteiger partial charge in [0, 0.05) is 31.6 Å². The first-order valence-corrected chi connectivity index (χ1v) is 10.1. The molecule has 142 valence electrons. The molecule has 0 bridgehead atoms.